The number of carbonyl (C=O) groups excluding carboxylic acids is 3. The maximum absolute atomic E-state index is 12.9. The zero-order valence-electron chi connectivity index (χ0n) is 19.9. The van der Waals surface area contributed by atoms with Gasteiger partial charge in [-0.2, -0.15) is 5.26 Å². The molecular weight excluding hydrogens is 638 g/mol. The lowest BCUT2D eigenvalue weighted by Gasteiger charge is -2.14. The molecule has 1 fully saturated rings. The molecule has 11 heteroatoms. The van der Waals surface area contributed by atoms with Crippen LogP contribution in [0.4, 0.5) is 10.5 Å². The van der Waals surface area contributed by atoms with E-state index in [0.717, 1.165) is 26.7 Å². The van der Waals surface area contributed by atoms with Crippen LogP contribution >= 0.6 is 43.6 Å². The van der Waals surface area contributed by atoms with Crippen LogP contribution in [0, 0.1) is 11.3 Å². The minimum atomic E-state index is -0.554. The van der Waals surface area contributed by atoms with Crippen LogP contribution in [0.25, 0.3) is 6.08 Å². The summed E-state index contributed by atoms with van der Waals surface area (Å²) in [5, 5.41) is 11.1. The summed E-state index contributed by atoms with van der Waals surface area (Å²) in [4.78, 5) is 38.9. The molecular formula is C27H19Br2N3O5S. The van der Waals surface area contributed by atoms with E-state index in [1.54, 1.807) is 54.6 Å². The first-order valence-corrected chi connectivity index (χ1v) is 13.5. The van der Waals surface area contributed by atoms with E-state index in [1.165, 1.54) is 7.11 Å². The Hall–Kier alpha value is -3.59. The highest BCUT2D eigenvalue weighted by atomic mass is 79.9. The largest absolute Gasteiger partial charge is 0.493 e. The van der Waals surface area contributed by atoms with E-state index in [0.29, 0.717) is 32.8 Å². The van der Waals surface area contributed by atoms with E-state index in [4.69, 9.17) is 14.7 Å². The Labute approximate surface area is 239 Å². The van der Waals surface area contributed by atoms with Crippen LogP contribution in [0.2, 0.25) is 0 Å². The third-order valence-electron chi connectivity index (χ3n) is 5.32. The van der Waals surface area contributed by atoms with Crippen molar-refractivity contribution in [3.8, 4) is 17.6 Å². The van der Waals surface area contributed by atoms with Gasteiger partial charge in [0.05, 0.1) is 28.1 Å². The van der Waals surface area contributed by atoms with Crippen molar-refractivity contribution in [3.63, 3.8) is 0 Å². The summed E-state index contributed by atoms with van der Waals surface area (Å²) < 4.78 is 12.9. The molecule has 1 saturated heterocycles. The lowest BCUT2D eigenvalue weighted by molar-refractivity contribution is -0.127. The van der Waals surface area contributed by atoms with E-state index >= 15 is 0 Å². The van der Waals surface area contributed by atoms with Gasteiger partial charge in [0.1, 0.15) is 13.2 Å². The van der Waals surface area contributed by atoms with Crippen molar-refractivity contribution in [2.24, 2.45) is 0 Å². The van der Waals surface area contributed by atoms with E-state index in [1.807, 2.05) is 12.1 Å². The number of rotatable bonds is 8. The molecule has 0 saturated carbocycles. The number of nitriles is 1. The maximum atomic E-state index is 12.9. The van der Waals surface area contributed by atoms with Crippen molar-refractivity contribution in [1.29, 1.82) is 5.26 Å². The van der Waals surface area contributed by atoms with Crippen LogP contribution < -0.4 is 14.8 Å². The first kappa shape index (κ1) is 27.4. The highest BCUT2D eigenvalue weighted by molar-refractivity contribution is 9.10. The van der Waals surface area contributed by atoms with E-state index in [-0.39, 0.29) is 11.5 Å². The van der Waals surface area contributed by atoms with Crippen molar-refractivity contribution >= 4 is 72.4 Å². The quantitative estimate of drug-likeness (QED) is 0.282. The summed E-state index contributed by atoms with van der Waals surface area (Å²) in [6.45, 7) is -0.144. The predicted molar refractivity (Wildman–Crippen MR) is 152 cm³/mol. The van der Waals surface area contributed by atoms with Gasteiger partial charge in [0, 0.05) is 10.2 Å². The Balaban J connectivity index is 1.45. The lowest BCUT2D eigenvalue weighted by atomic mass is 10.1. The van der Waals surface area contributed by atoms with Gasteiger partial charge in [-0.15, -0.1) is 0 Å². The third-order valence-corrected chi connectivity index (χ3v) is 7.34. The highest BCUT2D eigenvalue weighted by Gasteiger charge is 2.36. The molecule has 0 spiro atoms. The second-order valence-corrected chi connectivity index (χ2v) is 10.7. The number of methoxy groups -OCH3 is 1. The molecule has 1 aliphatic rings. The number of imide groups is 1. The Morgan fingerprint density at radius 2 is 1.82 bits per heavy atom. The fourth-order valence-corrected chi connectivity index (χ4v) is 5.14. The number of carbonyl (C=O) groups is 3. The number of hydrogen-bond acceptors (Lipinski definition) is 7. The zero-order valence-corrected chi connectivity index (χ0v) is 23.9. The Bertz CT molecular complexity index is 1470. The van der Waals surface area contributed by atoms with Gasteiger partial charge in [-0.3, -0.25) is 19.3 Å². The minimum absolute atomic E-state index is 0.187. The molecule has 1 aliphatic heterocycles. The molecule has 0 atom stereocenters. The number of nitrogens with zero attached hydrogens (tertiary/aromatic N) is 2. The van der Waals surface area contributed by atoms with E-state index < -0.39 is 23.6 Å². The minimum Gasteiger partial charge on any atom is -0.493 e. The SMILES string of the molecule is COc1cc(/C=C2/SC(=O)N(CC(=O)Nc3ccc(Br)cc3)C2=O)cc(Br)c1OCc1ccc(C#N)cc1. The molecule has 0 aromatic heterocycles. The summed E-state index contributed by atoms with van der Waals surface area (Å²) in [6.07, 6.45) is 1.56. The molecule has 3 aromatic carbocycles. The van der Waals surface area contributed by atoms with Gasteiger partial charge in [0.15, 0.2) is 11.5 Å². The number of ether oxygens (including phenoxy) is 2. The fraction of sp³-hybridized carbons (Fsp3) is 0.111. The number of anilines is 1. The van der Waals surface area contributed by atoms with E-state index in [9.17, 15) is 14.4 Å². The molecule has 0 bridgehead atoms. The molecule has 4 rings (SSSR count). The Morgan fingerprint density at radius 3 is 2.47 bits per heavy atom. The van der Waals surface area contributed by atoms with Crippen LogP contribution in [0.5, 0.6) is 11.5 Å². The Kier molecular flexibility index (Phi) is 8.89. The van der Waals surface area contributed by atoms with Crippen LogP contribution in [0.3, 0.4) is 0 Å². The molecule has 1 N–H and O–H groups in total. The van der Waals surface area contributed by atoms with Crippen LogP contribution in [0.1, 0.15) is 16.7 Å². The van der Waals surface area contributed by atoms with Crippen LogP contribution in [0.15, 0.2) is 74.5 Å². The molecule has 0 aliphatic carbocycles. The molecule has 38 heavy (non-hydrogen) atoms. The van der Waals surface area contributed by atoms with Gasteiger partial charge in [0.2, 0.25) is 5.91 Å². The first-order valence-electron chi connectivity index (χ1n) is 11.1. The fourth-order valence-electron chi connectivity index (χ4n) is 3.46. The van der Waals surface area contributed by atoms with Crippen molar-refractivity contribution < 1.29 is 23.9 Å². The second kappa shape index (κ2) is 12.3. The molecule has 192 valence electrons. The average Bonchev–Trinajstić information content (AvgIpc) is 3.16. The number of hydrogen-bond donors (Lipinski definition) is 1. The lowest BCUT2D eigenvalue weighted by Crippen LogP contribution is -2.36. The van der Waals surface area contributed by atoms with Crippen molar-refractivity contribution in [1.82, 2.24) is 4.90 Å². The molecule has 3 aromatic rings. The highest BCUT2D eigenvalue weighted by Crippen LogP contribution is 2.39. The standard InChI is InChI=1S/C27H19Br2N3O5S/c1-36-22-11-18(10-21(29)25(22)37-15-17-4-2-16(13-30)3-5-17)12-23-26(34)32(27(35)38-23)14-24(33)31-20-8-6-19(28)7-9-20/h2-12H,14-15H2,1H3,(H,31,33)/b23-12+. The van der Waals surface area contributed by atoms with Gasteiger partial charge in [-0.05, 0) is 93.4 Å². The first-order chi connectivity index (χ1) is 18.3. The molecule has 0 unspecified atom stereocenters. The smallest absolute Gasteiger partial charge is 0.294 e. The molecule has 3 amide bonds. The number of amides is 3. The monoisotopic (exact) mass is 655 g/mol. The maximum Gasteiger partial charge on any atom is 0.294 e. The van der Waals surface area contributed by atoms with Crippen LogP contribution in [-0.4, -0.2) is 35.6 Å². The van der Waals surface area contributed by atoms with Crippen molar-refractivity contribution in [2.75, 3.05) is 19.0 Å². The van der Waals surface area contributed by atoms with Gasteiger partial charge in [-0.1, -0.05) is 28.1 Å². The number of benzene rings is 3. The summed E-state index contributed by atoms with van der Waals surface area (Å²) in [5.41, 5.74) is 2.59. The molecule has 1 heterocycles. The topological polar surface area (TPSA) is 109 Å². The zero-order chi connectivity index (χ0) is 27.2. The normalized spacial score (nSPS) is 13.9. The van der Waals surface area contributed by atoms with Gasteiger partial charge >= 0.3 is 0 Å². The average molecular weight is 657 g/mol. The third kappa shape index (κ3) is 6.64. The van der Waals surface area contributed by atoms with Crippen molar-refractivity contribution in [3.05, 3.63) is 91.2 Å². The Morgan fingerprint density at radius 1 is 1.11 bits per heavy atom. The molecule has 8 nitrogen and oxygen atoms in total. The van der Waals surface area contributed by atoms with Crippen molar-refractivity contribution in [2.45, 2.75) is 6.61 Å². The number of halogens is 2. The summed E-state index contributed by atoms with van der Waals surface area (Å²) in [7, 11) is 1.50. The summed E-state index contributed by atoms with van der Waals surface area (Å²) in [5.74, 6) is -0.148. The predicted octanol–water partition coefficient (Wildman–Crippen LogP) is 6.35. The van der Waals surface area contributed by atoms with Gasteiger partial charge < -0.3 is 14.8 Å². The number of nitrogens with one attached hydrogen (secondary N) is 1. The summed E-state index contributed by atoms with van der Waals surface area (Å²) in [6, 6.07) is 19.5. The summed E-state index contributed by atoms with van der Waals surface area (Å²) >= 11 is 7.58. The van der Waals surface area contributed by atoms with Gasteiger partial charge in [-0.25, -0.2) is 0 Å². The second-order valence-electron chi connectivity index (χ2n) is 7.95. The number of thioether (sulfide) groups is 1. The molecule has 0 radical (unpaired) electrons. The van der Waals surface area contributed by atoms with E-state index in [2.05, 4.69) is 43.2 Å². The van der Waals surface area contributed by atoms with Crippen LogP contribution in [-0.2, 0) is 16.2 Å². The van der Waals surface area contributed by atoms with Gasteiger partial charge in [0.25, 0.3) is 11.1 Å².